The van der Waals surface area contributed by atoms with E-state index in [0.29, 0.717) is 19.0 Å². The Bertz CT molecular complexity index is 885. The highest BCUT2D eigenvalue weighted by atomic mass is 15.1. The Balaban J connectivity index is 0.00000243. The van der Waals surface area contributed by atoms with Crippen molar-refractivity contribution in [1.82, 2.24) is 9.97 Å². The van der Waals surface area contributed by atoms with Crippen LogP contribution in [0.2, 0.25) is 0 Å². The second-order valence-corrected chi connectivity index (χ2v) is 5.78. The molecule has 134 valence electrons. The van der Waals surface area contributed by atoms with Crippen molar-refractivity contribution in [2.45, 2.75) is 14.4 Å². The van der Waals surface area contributed by atoms with Crippen LogP contribution in [-0.4, -0.2) is 23.1 Å². The molecule has 2 N–H and O–H groups in total. The lowest BCUT2D eigenvalue weighted by atomic mass is 10.1. The van der Waals surface area contributed by atoms with Crippen molar-refractivity contribution in [2.24, 2.45) is 0 Å². The fourth-order valence-electron chi connectivity index (χ4n) is 2.53. The van der Waals surface area contributed by atoms with E-state index >= 15 is 0 Å². The molecule has 3 rings (SSSR count). The van der Waals surface area contributed by atoms with Crippen LogP contribution in [0, 0.1) is 6.92 Å². The molecule has 0 unspecified atom stereocenters. The summed E-state index contributed by atoms with van der Waals surface area (Å²) in [5.41, 5.74) is 3.29. The standard InChI is InChI=1S/C21H22N4.CH4/c1-3-13-23-21-24-19-12-11-16(2)15-18(19)20(25-21)22-14-7-10-17-8-5-4-6-9-17;/h3-12,15H,1,13-14H2,2H3,(H2,22,23,24,25);1H4/b10-7+;. The van der Waals surface area contributed by atoms with Gasteiger partial charge in [-0.1, -0.05) is 67.6 Å². The number of benzene rings is 2. The Morgan fingerprint density at radius 2 is 1.81 bits per heavy atom. The molecule has 1 heterocycles. The number of nitrogens with zero attached hydrogens (tertiary/aromatic N) is 2. The topological polar surface area (TPSA) is 49.8 Å². The van der Waals surface area contributed by atoms with Crippen molar-refractivity contribution >= 4 is 28.7 Å². The van der Waals surface area contributed by atoms with Gasteiger partial charge in [-0.05, 0) is 24.6 Å². The van der Waals surface area contributed by atoms with Crippen molar-refractivity contribution < 1.29 is 0 Å². The van der Waals surface area contributed by atoms with Crippen LogP contribution in [0.4, 0.5) is 11.8 Å². The molecule has 0 saturated heterocycles. The molecule has 26 heavy (non-hydrogen) atoms. The van der Waals surface area contributed by atoms with E-state index in [2.05, 4.69) is 70.5 Å². The molecule has 4 heteroatoms. The first-order valence-corrected chi connectivity index (χ1v) is 8.35. The smallest absolute Gasteiger partial charge is 0.225 e. The summed E-state index contributed by atoms with van der Waals surface area (Å²) in [6, 6.07) is 16.4. The Morgan fingerprint density at radius 1 is 1.00 bits per heavy atom. The van der Waals surface area contributed by atoms with Crippen molar-refractivity contribution in [3.63, 3.8) is 0 Å². The summed E-state index contributed by atoms with van der Waals surface area (Å²) >= 11 is 0. The molecule has 1 aromatic heterocycles. The van der Waals surface area contributed by atoms with E-state index in [0.717, 1.165) is 16.7 Å². The summed E-state index contributed by atoms with van der Waals surface area (Å²) in [7, 11) is 0. The Labute approximate surface area is 155 Å². The highest BCUT2D eigenvalue weighted by Gasteiger charge is 2.07. The minimum Gasteiger partial charge on any atom is -0.366 e. The maximum Gasteiger partial charge on any atom is 0.225 e. The van der Waals surface area contributed by atoms with E-state index in [4.69, 9.17) is 0 Å². The van der Waals surface area contributed by atoms with Gasteiger partial charge in [0.1, 0.15) is 5.82 Å². The Kier molecular flexibility index (Phi) is 6.92. The predicted octanol–water partition coefficient (Wildman–Crippen LogP) is 5.30. The molecule has 0 aliphatic rings. The molecule has 0 atom stereocenters. The SMILES string of the molecule is C.C=CCNc1nc(NC/C=C/c2ccccc2)c2cc(C)ccc2n1. The van der Waals surface area contributed by atoms with Crippen molar-refractivity contribution in [2.75, 3.05) is 23.7 Å². The van der Waals surface area contributed by atoms with Crippen molar-refractivity contribution in [3.8, 4) is 0 Å². The van der Waals surface area contributed by atoms with Gasteiger partial charge < -0.3 is 10.6 Å². The molecule has 0 amide bonds. The van der Waals surface area contributed by atoms with Gasteiger partial charge in [0.25, 0.3) is 0 Å². The summed E-state index contributed by atoms with van der Waals surface area (Å²) in [4.78, 5) is 9.17. The van der Waals surface area contributed by atoms with Crippen LogP contribution in [0.15, 0.2) is 67.3 Å². The zero-order valence-corrected chi connectivity index (χ0v) is 14.4. The quantitative estimate of drug-likeness (QED) is 0.570. The van der Waals surface area contributed by atoms with Gasteiger partial charge in [-0.15, -0.1) is 6.58 Å². The van der Waals surface area contributed by atoms with Crippen molar-refractivity contribution in [3.05, 3.63) is 78.4 Å². The maximum atomic E-state index is 4.61. The van der Waals surface area contributed by atoms with Gasteiger partial charge in [0.15, 0.2) is 0 Å². The average molecular weight is 346 g/mol. The van der Waals surface area contributed by atoms with Crippen LogP contribution >= 0.6 is 0 Å². The third kappa shape index (κ3) is 4.93. The third-order valence-corrected chi connectivity index (χ3v) is 3.75. The van der Waals surface area contributed by atoms with E-state index in [1.807, 2.05) is 24.3 Å². The number of nitrogens with one attached hydrogen (secondary N) is 2. The number of hydrogen-bond acceptors (Lipinski definition) is 4. The zero-order valence-electron chi connectivity index (χ0n) is 14.4. The molecule has 0 aliphatic carbocycles. The van der Waals surface area contributed by atoms with Crippen LogP contribution in [0.3, 0.4) is 0 Å². The number of fused-ring (bicyclic) bond motifs is 1. The predicted molar refractivity (Wildman–Crippen MR) is 114 cm³/mol. The van der Waals surface area contributed by atoms with E-state index in [1.165, 1.54) is 11.1 Å². The molecule has 0 aliphatic heterocycles. The van der Waals surface area contributed by atoms with Gasteiger partial charge in [0.2, 0.25) is 5.95 Å². The first-order chi connectivity index (χ1) is 12.3. The lowest BCUT2D eigenvalue weighted by Crippen LogP contribution is -2.08. The lowest BCUT2D eigenvalue weighted by molar-refractivity contribution is 1.14. The summed E-state index contributed by atoms with van der Waals surface area (Å²) in [6.45, 7) is 7.11. The maximum absolute atomic E-state index is 4.61. The average Bonchev–Trinajstić information content (AvgIpc) is 2.64. The van der Waals surface area contributed by atoms with E-state index in [-0.39, 0.29) is 7.43 Å². The van der Waals surface area contributed by atoms with Gasteiger partial charge in [0.05, 0.1) is 5.52 Å². The molecule has 4 nitrogen and oxygen atoms in total. The Hall–Kier alpha value is -3.14. The number of hydrogen-bond donors (Lipinski definition) is 2. The number of aromatic nitrogens is 2. The van der Waals surface area contributed by atoms with Crippen molar-refractivity contribution in [1.29, 1.82) is 0 Å². The summed E-state index contributed by atoms with van der Waals surface area (Å²) in [6.07, 6.45) is 5.98. The molecule has 2 aromatic carbocycles. The fourth-order valence-corrected chi connectivity index (χ4v) is 2.53. The fraction of sp³-hybridized carbons (Fsp3) is 0.182. The largest absolute Gasteiger partial charge is 0.366 e. The molecule has 3 aromatic rings. The number of rotatable bonds is 7. The third-order valence-electron chi connectivity index (χ3n) is 3.75. The van der Waals surface area contributed by atoms with Gasteiger partial charge in [-0.3, -0.25) is 0 Å². The normalized spacial score (nSPS) is 10.5. The van der Waals surface area contributed by atoms with Crippen LogP contribution in [-0.2, 0) is 0 Å². The molecule has 0 bridgehead atoms. The first kappa shape index (κ1) is 19.2. The van der Waals surface area contributed by atoms with E-state index < -0.39 is 0 Å². The molecule has 0 saturated carbocycles. The second-order valence-electron chi connectivity index (χ2n) is 5.78. The van der Waals surface area contributed by atoms with Gasteiger partial charge in [0, 0.05) is 18.5 Å². The summed E-state index contributed by atoms with van der Waals surface area (Å²) in [5, 5.41) is 7.58. The molecule has 0 spiro atoms. The first-order valence-electron chi connectivity index (χ1n) is 8.35. The summed E-state index contributed by atoms with van der Waals surface area (Å²) < 4.78 is 0. The van der Waals surface area contributed by atoms with Gasteiger partial charge in [-0.2, -0.15) is 4.98 Å². The molecule has 0 radical (unpaired) electrons. The zero-order chi connectivity index (χ0) is 17.5. The van der Waals surface area contributed by atoms with Crippen LogP contribution in [0.25, 0.3) is 17.0 Å². The lowest BCUT2D eigenvalue weighted by Gasteiger charge is -2.11. The monoisotopic (exact) mass is 346 g/mol. The highest BCUT2D eigenvalue weighted by molar-refractivity contribution is 5.90. The van der Waals surface area contributed by atoms with Gasteiger partial charge >= 0.3 is 0 Å². The minimum atomic E-state index is 0. The number of anilines is 2. The van der Waals surface area contributed by atoms with Crippen LogP contribution in [0.5, 0.6) is 0 Å². The van der Waals surface area contributed by atoms with E-state index in [9.17, 15) is 0 Å². The Morgan fingerprint density at radius 3 is 2.58 bits per heavy atom. The second kappa shape index (κ2) is 9.37. The number of aryl methyl sites for hydroxylation is 1. The highest BCUT2D eigenvalue weighted by Crippen LogP contribution is 2.23. The summed E-state index contributed by atoms with van der Waals surface area (Å²) in [5.74, 6) is 1.43. The van der Waals surface area contributed by atoms with Gasteiger partial charge in [-0.25, -0.2) is 4.98 Å². The molecule has 0 fully saturated rings. The van der Waals surface area contributed by atoms with E-state index in [1.54, 1.807) is 6.08 Å². The minimum absolute atomic E-state index is 0. The molecular formula is C22H26N4. The van der Waals surface area contributed by atoms with Crippen LogP contribution < -0.4 is 10.6 Å². The van der Waals surface area contributed by atoms with Crippen LogP contribution in [0.1, 0.15) is 18.6 Å². The molecular weight excluding hydrogens is 320 g/mol.